The van der Waals surface area contributed by atoms with E-state index in [1.54, 1.807) is 19.9 Å². The Hall–Kier alpha value is -3.47. The monoisotopic (exact) mass is 390 g/mol. The summed E-state index contributed by atoms with van der Waals surface area (Å²) in [6.07, 6.45) is -1.16. The number of benzene rings is 1. The van der Waals surface area contributed by atoms with E-state index in [0.717, 1.165) is 6.08 Å². The Morgan fingerprint density at radius 2 is 2.00 bits per heavy atom. The molecular weight excluding hydrogens is 373 g/mol. The quantitative estimate of drug-likeness (QED) is 0.596. The third-order valence-electron chi connectivity index (χ3n) is 3.56. The molecule has 0 aliphatic rings. The van der Waals surface area contributed by atoms with Crippen LogP contribution >= 0.6 is 0 Å². The van der Waals surface area contributed by atoms with Gasteiger partial charge in [-0.05, 0) is 42.3 Å². The molecule has 0 saturated heterocycles. The number of amides is 1. The lowest BCUT2D eigenvalue weighted by atomic mass is 10.0. The molecule has 146 valence electrons. The molecule has 5 nitrogen and oxygen atoms in total. The van der Waals surface area contributed by atoms with E-state index in [9.17, 15) is 18.0 Å². The minimum absolute atomic E-state index is 0.114. The molecule has 0 radical (unpaired) electrons. The molecule has 0 unspecified atom stereocenters. The van der Waals surface area contributed by atoms with E-state index in [1.807, 2.05) is 0 Å². The summed E-state index contributed by atoms with van der Waals surface area (Å²) in [6, 6.07) is 7.13. The maximum Gasteiger partial charge on any atom is 0.573 e. The van der Waals surface area contributed by atoms with Crippen molar-refractivity contribution in [3.05, 3.63) is 54.2 Å². The van der Waals surface area contributed by atoms with E-state index in [4.69, 9.17) is 4.74 Å². The van der Waals surface area contributed by atoms with Gasteiger partial charge in [0, 0.05) is 12.5 Å². The Bertz CT molecular complexity index is 927. The van der Waals surface area contributed by atoms with Gasteiger partial charge >= 0.3 is 6.36 Å². The summed E-state index contributed by atoms with van der Waals surface area (Å²) >= 11 is 0. The number of aromatic nitrogens is 1. The Morgan fingerprint density at radius 3 is 2.57 bits per heavy atom. The topological polar surface area (TPSA) is 60.5 Å². The Kier molecular flexibility index (Phi) is 6.66. The van der Waals surface area contributed by atoms with Gasteiger partial charge in [-0.2, -0.15) is 0 Å². The van der Waals surface area contributed by atoms with Gasteiger partial charge in [0.1, 0.15) is 11.9 Å². The highest BCUT2D eigenvalue weighted by Gasteiger charge is 2.31. The van der Waals surface area contributed by atoms with Gasteiger partial charge < -0.3 is 14.8 Å². The van der Waals surface area contributed by atoms with Gasteiger partial charge in [0.05, 0.1) is 12.2 Å². The third kappa shape index (κ3) is 5.77. The molecule has 1 amide bonds. The number of nitrogens with zero attached hydrogens (tertiary/aromatic N) is 1. The maximum absolute atomic E-state index is 12.3. The van der Waals surface area contributed by atoms with Crippen LogP contribution in [0, 0.1) is 19.0 Å². The van der Waals surface area contributed by atoms with Crippen LogP contribution in [0.2, 0.25) is 0 Å². The van der Waals surface area contributed by atoms with Gasteiger partial charge in [0.25, 0.3) is 0 Å². The van der Waals surface area contributed by atoms with Crippen molar-refractivity contribution < 1.29 is 27.4 Å². The SMILES string of the molecule is C=CC(=O)NCc1cc(-c2ccc(OC(F)(F)F)cc2)c(C)c(OC#CC)n1. The van der Waals surface area contributed by atoms with Crippen LogP contribution in [-0.4, -0.2) is 17.3 Å². The molecule has 0 aliphatic carbocycles. The molecule has 0 saturated carbocycles. The fourth-order valence-corrected chi connectivity index (χ4v) is 2.31. The molecule has 28 heavy (non-hydrogen) atoms. The van der Waals surface area contributed by atoms with Crippen LogP contribution in [-0.2, 0) is 11.3 Å². The average Bonchev–Trinajstić information content (AvgIpc) is 2.65. The molecule has 8 heteroatoms. The number of ether oxygens (including phenoxy) is 2. The molecule has 0 fully saturated rings. The largest absolute Gasteiger partial charge is 0.573 e. The van der Waals surface area contributed by atoms with Crippen molar-refractivity contribution in [2.24, 2.45) is 0 Å². The standard InChI is InChI=1S/C20H17F3N2O3/c1-4-10-27-19-13(3)17(11-15(25-19)12-24-18(26)5-2)14-6-8-16(9-7-14)28-20(21,22)23/h5-9,11H,2,12H2,1,3H3,(H,24,26). The first-order valence-corrected chi connectivity index (χ1v) is 8.09. The highest BCUT2D eigenvalue weighted by atomic mass is 19.4. The van der Waals surface area contributed by atoms with Crippen molar-refractivity contribution >= 4 is 5.91 Å². The summed E-state index contributed by atoms with van der Waals surface area (Å²) in [7, 11) is 0. The van der Waals surface area contributed by atoms with Crippen LogP contribution in [0.15, 0.2) is 43.0 Å². The van der Waals surface area contributed by atoms with Crippen molar-refractivity contribution in [2.75, 3.05) is 0 Å². The highest BCUT2D eigenvalue weighted by molar-refractivity contribution is 5.86. The van der Waals surface area contributed by atoms with Crippen LogP contribution in [0.3, 0.4) is 0 Å². The maximum atomic E-state index is 12.3. The van der Waals surface area contributed by atoms with E-state index in [1.165, 1.54) is 24.3 Å². The predicted octanol–water partition coefficient (Wildman–Crippen LogP) is 4.12. The van der Waals surface area contributed by atoms with Crippen LogP contribution in [0.4, 0.5) is 13.2 Å². The second-order valence-corrected chi connectivity index (χ2v) is 5.54. The lowest BCUT2D eigenvalue weighted by Crippen LogP contribution is -2.20. The molecule has 0 atom stereocenters. The third-order valence-corrected chi connectivity index (χ3v) is 3.56. The van der Waals surface area contributed by atoms with Crippen molar-refractivity contribution in [1.82, 2.24) is 10.3 Å². The predicted molar refractivity (Wildman–Crippen MR) is 97.2 cm³/mol. The van der Waals surface area contributed by atoms with Crippen LogP contribution in [0.5, 0.6) is 11.6 Å². The molecule has 1 aromatic heterocycles. The number of carbonyl (C=O) groups is 1. The Balaban J connectivity index is 2.41. The zero-order valence-electron chi connectivity index (χ0n) is 15.2. The minimum Gasteiger partial charge on any atom is -0.406 e. The molecule has 2 aromatic rings. The summed E-state index contributed by atoms with van der Waals surface area (Å²) in [5.41, 5.74) is 2.43. The van der Waals surface area contributed by atoms with Crippen molar-refractivity contribution in [3.8, 4) is 34.8 Å². The first-order valence-electron chi connectivity index (χ1n) is 8.09. The lowest BCUT2D eigenvalue weighted by molar-refractivity contribution is -0.274. The summed E-state index contributed by atoms with van der Waals surface area (Å²) in [4.78, 5) is 15.7. The summed E-state index contributed by atoms with van der Waals surface area (Å²) < 4.78 is 46.2. The molecule has 1 N–H and O–H groups in total. The average molecular weight is 390 g/mol. The Morgan fingerprint density at radius 1 is 1.32 bits per heavy atom. The normalized spacial score (nSPS) is 10.5. The summed E-state index contributed by atoms with van der Waals surface area (Å²) in [5.74, 6) is 2.14. The van der Waals surface area contributed by atoms with Gasteiger partial charge in [0.2, 0.25) is 11.8 Å². The van der Waals surface area contributed by atoms with Crippen molar-refractivity contribution in [2.45, 2.75) is 26.8 Å². The lowest BCUT2D eigenvalue weighted by Gasteiger charge is -2.13. The van der Waals surface area contributed by atoms with Crippen molar-refractivity contribution in [1.29, 1.82) is 0 Å². The van der Waals surface area contributed by atoms with E-state index in [0.29, 0.717) is 22.4 Å². The minimum atomic E-state index is -4.76. The van der Waals surface area contributed by atoms with Crippen LogP contribution in [0.25, 0.3) is 11.1 Å². The first-order chi connectivity index (χ1) is 13.2. The van der Waals surface area contributed by atoms with Gasteiger partial charge in [-0.1, -0.05) is 24.6 Å². The number of alkyl halides is 3. The smallest absolute Gasteiger partial charge is 0.406 e. The van der Waals surface area contributed by atoms with E-state index in [-0.39, 0.29) is 24.1 Å². The number of pyridine rings is 1. The Labute approximate surface area is 160 Å². The zero-order valence-corrected chi connectivity index (χ0v) is 15.2. The summed E-state index contributed by atoms with van der Waals surface area (Å²) in [6.45, 7) is 6.84. The second kappa shape index (κ2) is 8.95. The van der Waals surface area contributed by atoms with E-state index >= 15 is 0 Å². The first kappa shape index (κ1) is 20.8. The fourth-order valence-electron chi connectivity index (χ4n) is 2.31. The number of rotatable bonds is 6. The van der Waals surface area contributed by atoms with Crippen LogP contribution < -0.4 is 14.8 Å². The van der Waals surface area contributed by atoms with E-state index < -0.39 is 6.36 Å². The van der Waals surface area contributed by atoms with Gasteiger partial charge in [-0.15, -0.1) is 13.2 Å². The molecule has 2 rings (SSSR count). The number of nitrogens with one attached hydrogen (secondary N) is 1. The van der Waals surface area contributed by atoms with Gasteiger partial charge in [-0.25, -0.2) is 4.98 Å². The molecule has 1 aromatic carbocycles. The molecule has 1 heterocycles. The van der Waals surface area contributed by atoms with Gasteiger partial charge in [0.15, 0.2) is 0 Å². The number of hydrogen-bond donors (Lipinski definition) is 1. The molecule has 0 bridgehead atoms. The van der Waals surface area contributed by atoms with Gasteiger partial charge in [-0.3, -0.25) is 4.79 Å². The molecule has 0 aliphatic heterocycles. The zero-order chi connectivity index (χ0) is 20.7. The number of hydrogen-bond acceptors (Lipinski definition) is 4. The number of halogens is 3. The highest BCUT2D eigenvalue weighted by Crippen LogP contribution is 2.32. The molecule has 0 spiro atoms. The second-order valence-electron chi connectivity index (χ2n) is 5.54. The van der Waals surface area contributed by atoms with Crippen molar-refractivity contribution in [3.63, 3.8) is 0 Å². The van der Waals surface area contributed by atoms with E-state index in [2.05, 4.69) is 33.6 Å². The fraction of sp³-hybridized carbons (Fsp3) is 0.200. The van der Waals surface area contributed by atoms with Crippen LogP contribution in [0.1, 0.15) is 18.2 Å². The molecular formula is C20H17F3N2O3. The summed E-state index contributed by atoms with van der Waals surface area (Å²) in [5, 5.41) is 2.61. The number of carbonyl (C=O) groups excluding carboxylic acids is 1.